The summed E-state index contributed by atoms with van der Waals surface area (Å²) in [4.78, 5) is 38.0. The lowest BCUT2D eigenvalue weighted by molar-refractivity contribution is -0.167. The fourth-order valence-electron chi connectivity index (χ4n) is 6.70. The Morgan fingerprint density at radius 2 is 0.677 bits per heavy atom. The van der Waals surface area contributed by atoms with Crippen molar-refractivity contribution in [2.75, 3.05) is 13.2 Å². The number of carbonyl (C=O) groups excluding carboxylic acids is 3. The highest BCUT2D eigenvalue weighted by Crippen LogP contribution is 2.13. The molecule has 0 saturated heterocycles. The lowest BCUT2D eigenvalue weighted by Crippen LogP contribution is -2.30. The zero-order chi connectivity index (χ0) is 47.2. The van der Waals surface area contributed by atoms with Crippen LogP contribution < -0.4 is 0 Å². The van der Waals surface area contributed by atoms with Crippen LogP contribution in [0, 0.1) is 0 Å². The SMILES string of the molecule is CC\C=C/C=C\C=C/C=C\CCCCCC(=O)OCC(COC(=O)CCCCCCC\C=C/C=C\C=C/CCCCCCC)OC(=O)CCCCCCCC/C=C\C/C=C\C/C=C\CC. The quantitative estimate of drug-likeness (QED) is 0.0199. The molecular weight excluding hydrogens is 805 g/mol. The van der Waals surface area contributed by atoms with Crippen molar-refractivity contribution in [3.8, 4) is 0 Å². The molecule has 0 spiro atoms. The van der Waals surface area contributed by atoms with Crippen LogP contribution in [0.5, 0.6) is 0 Å². The van der Waals surface area contributed by atoms with Gasteiger partial charge in [0, 0.05) is 19.3 Å². The molecule has 0 aromatic carbocycles. The Bertz CT molecular complexity index is 1400. The molecule has 0 heterocycles. The maximum absolute atomic E-state index is 12.8. The molecule has 0 fully saturated rings. The van der Waals surface area contributed by atoms with Gasteiger partial charge in [-0.25, -0.2) is 0 Å². The highest BCUT2D eigenvalue weighted by atomic mass is 16.6. The molecular formula is C59H94O6. The summed E-state index contributed by atoms with van der Waals surface area (Å²) in [6, 6.07) is 0. The standard InChI is InChI=1S/C59H94O6/c1-4-7-10-13-16-19-22-25-27-29-30-32-34-37-40-43-46-49-52-58(61)64-55-56(54-63-57(60)51-48-45-42-39-36-33-24-21-18-15-12-9-6-3)65-59(62)53-50-47-44-41-38-35-31-28-26-23-20-17-14-11-8-5-2/h8-9,11-12,15,17-18,20-22,24-30,32-33,36,56H,4-7,10,13-14,16,19,23,31,34-35,37-55H2,1-3H3/b11-8-,12-9-,18-15-,20-17-,24-21-,25-22-,28-26-,29-27-,32-30-,36-33-. The third-order valence-electron chi connectivity index (χ3n) is 10.6. The highest BCUT2D eigenvalue weighted by Gasteiger charge is 2.19. The second kappa shape index (κ2) is 52.4. The van der Waals surface area contributed by atoms with Gasteiger partial charge < -0.3 is 14.2 Å². The van der Waals surface area contributed by atoms with Crippen LogP contribution in [0.2, 0.25) is 0 Å². The third kappa shape index (κ3) is 50.7. The van der Waals surface area contributed by atoms with E-state index in [1.54, 1.807) is 0 Å². The van der Waals surface area contributed by atoms with E-state index in [0.29, 0.717) is 19.3 Å². The highest BCUT2D eigenvalue weighted by molar-refractivity contribution is 5.71. The summed E-state index contributed by atoms with van der Waals surface area (Å²) in [5.74, 6) is -0.989. The first-order valence-electron chi connectivity index (χ1n) is 26.1. The van der Waals surface area contributed by atoms with Crippen molar-refractivity contribution in [2.45, 2.75) is 219 Å². The predicted octanol–water partition coefficient (Wildman–Crippen LogP) is 17.3. The summed E-state index contributed by atoms with van der Waals surface area (Å²) in [7, 11) is 0. The van der Waals surface area contributed by atoms with Crippen LogP contribution in [-0.2, 0) is 28.6 Å². The Morgan fingerprint density at radius 1 is 0.338 bits per heavy atom. The molecule has 0 N–H and O–H groups in total. The van der Waals surface area contributed by atoms with Crippen molar-refractivity contribution >= 4 is 17.9 Å². The molecule has 1 unspecified atom stereocenters. The van der Waals surface area contributed by atoms with Crippen LogP contribution in [0.15, 0.2) is 122 Å². The minimum Gasteiger partial charge on any atom is -0.462 e. The molecule has 0 rings (SSSR count). The third-order valence-corrected chi connectivity index (χ3v) is 10.6. The molecule has 0 aliphatic heterocycles. The number of unbranched alkanes of at least 4 members (excludes halogenated alkanes) is 19. The van der Waals surface area contributed by atoms with E-state index >= 15 is 0 Å². The van der Waals surface area contributed by atoms with Crippen molar-refractivity contribution in [3.05, 3.63) is 122 Å². The molecule has 1 atom stereocenters. The van der Waals surface area contributed by atoms with Gasteiger partial charge in [0.2, 0.25) is 0 Å². The molecule has 0 aromatic heterocycles. The van der Waals surface area contributed by atoms with E-state index in [2.05, 4.69) is 106 Å². The van der Waals surface area contributed by atoms with Crippen LogP contribution in [0.4, 0.5) is 0 Å². The van der Waals surface area contributed by atoms with E-state index in [1.807, 2.05) is 36.5 Å². The first-order chi connectivity index (χ1) is 32.0. The van der Waals surface area contributed by atoms with Gasteiger partial charge in [0.25, 0.3) is 0 Å². The summed E-state index contributed by atoms with van der Waals surface area (Å²) in [5, 5.41) is 0. The maximum atomic E-state index is 12.8. The first-order valence-corrected chi connectivity index (χ1v) is 26.1. The van der Waals surface area contributed by atoms with E-state index in [0.717, 1.165) is 128 Å². The van der Waals surface area contributed by atoms with Gasteiger partial charge >= 0.3 is 17.9 Å². The van der Waals surface area contributed by atoms with Crippen LogP contribution in [0.1, 0.15) is 213 Å². The Balaban J connectivity index is 4.52. The zero-order valence-electron chi connectivity index (χ0n) is 41.7. The molecule has 0 amide bonds. The number of hydrogen-bond acceptors (Lipinski definition) is 6. The van der Waals surface area contributed by atoms with Crippen LogP contribution in [-0.4, -0.2) is 37.2 Å². The molecule has 0 saturated carbocycles. The number of ether oxygens (including phenoxy) is 3. The van der Waals surface area contributed by atoms with Gasteiger partial charge in [-0.3, -0.25) is 14.4 Å². The Kier molecular flexibility index (Phi) is 49.1. The molecule has 0 aliphatic rings. The Labute approximate surface area is 399 Å². The molecule has 0 radical (unpaired) electrons. The van der Waals surface area contributed by atoms with E-state index in [9.17, 15) is 14.4 Å². The molecule has 65 heavy (non-hydrogen) atoms. The fraction of sp³-hybridized carbons (Fsp3) is 0.610. The van der Waals surface area contributed by atoms with Gasteiger partial charge in [-0.15, -0.1) is 0 Å². The minimum atomic E-state index is -0.813. The van der Waals surface area contributed by atoms with Crippen molar-refractivity contribution in [1.29, 1.82) is 0 Å². The van der Waals surface area contributed by atoms with Crippen molar-refractivity contribution in [1.82, 2.24) is 0 Å². The van der Waals surface area contributed by atoms with Crippen LogP contribution in [0.25, 0.3) is 0 Å². The number of carbonyl (C=O) groups is 3. The molecule has 6 heteroatoms. The lowest BCUT2D eigenvalue weighted by Gasteiger charge is -2.18. The van der Waals surface area contributed by atoms with Crippen LogP contribution in [0.3, 0.4) is 0 Å². The van der Waals surface area contributed by atoms with Crippen molar-refractivity contribution in [3.63, 3.8) is 0 Å². The zero-order valence-corrected chi connectivity index (χ0v) is 41.7. The summed E-state index contributed by atoms with van der Waals surface area (Å²) >= 11 is 0. The molecule has 0 bridgehead atoms. The summed E-state index contributed by atoms with van der Waals surface area (Å²) in [6.07, 6.45) is 71.8. The van der Waals surface area contributed by atoms with E-state index in [1.165, 1.54) is 44.9 Å². The van der Waals surface area contributed by atoms with Gasteiger partial charge in [0.1, 0.15) is 13.2 Å². The largest absolute Gasteiger partial charge is 0.462 e. The smallest absolute Gasteiger partial charge is 0.306 e. The minimum absolute atomic E-state index is 0.111. The number of rotatable bonds is 45. The summed E-state index contributed by atoms with van der Waals surface area (Å²) in [5.41, 5.74) is 0. The molecule has 0 aromatic rings. The fourth-order valence-corrected chi connectivity index (χ4v) is 6.70. The summed E-state index contributed by atoms with van der Waals surface area (Å²) in [6.45, 7) is 6.29. The average molecular weight is 899 g/mol. The maximum Gasteiger partial charge on any atom is 0.306 e. The van der Waals surface area contributed by atoms with Crippen molar-refractivity contribution in [2.24, 2.45) is 0 Å². The number of allylic oxidation sites excluding steroid dienone is 20. The molecule has 366 valence electrons. The topological polar surface area (TPSA) is 78.9 Å². The summed E-state index contributed by atoms with van der Waals surface area (Å²) < 4.78 is 16.7. The normalized spacial score (nSPS) is 13.1. The molecule has 6 nitrogen and oxygen atoms in total. The first kappa shape index (κ1) is 60.8. The second-order valence-electron chi connectivity index (χ2n) is 16.8. The van der Waals surface area contributed by atoms with Crippen LogP contribution >= 0.6 is 0 Å². The van der Waals surface area contributed by atoms with Gasteiger partial charge in [-0.1, -0.05) is 219 Å². The lowest BCUT2D eigenvalue weighted by atomic mass is 10.1. The van der Waals surface area contributed by atoms with Crippen molar-refractivity contribution < 1.29 is 28.6 Å². The van der Waals surface area contributed by atoms with E-state index in [-0.39, 0.29) is 31.1 Å². The number of hydrogen-bond donors (Lipinski definition) is 0. The Morgan fingerprint density at radius 3 is 1.14 bits per heavy atom. The predicted molar refractivity (Wildman–Crippen MR) is 279 cm³/mol. The average Bonchev–Trinajstić information content (AvgIpc) is 3.30. The van der Waals surface area contributed by atoms with Gasteiger partial charge in [0.05, 0.1) is 0 Å². The van der Waals surface area contributed by atoms with Gasteiger partial charge in [0.15, 0.2) is 6.10 Å². The van der Waals surface area contributed by atoms with Gasteiger partial charge in [-0.05, 0) is 96.3 Å². The second-order valence-corrected chi connectivity index (χ2v) is 16.8. The van der Waals surface area contributed by atoms with E-state index < -0.39 is 6.10 Å². The molecule has 0 aliphatic carbocycles. The monoisotopic (exact) mass is 899 g/mol. The Hall–Kier alpha value is -4.19. The van der Waals surface area contributed by atoms with E-state index in [4.69, 9.17) is 14.2 Å². The number of esters is 3. The van der Waals surface area contributed by atoms with Gasteiger partial charge in [-0.2, -0.15) is 0 Å².